The van der Waals surface area contributed by atoms with E-state index >= 15 is 0 Å². The number of hydrogen-bond donors (Lipinski definition) is 0. The summed E-state index contributed by atoms with van der Waals surface area (Å²) in [6.45, 7) is 6.49. The van der Waals surface area contributed by atoms with Crippen molar-refractivity contribution in [3.63, 3.8) is 0 Å². The molecule has 0 aliphatic heterocycles. The van der Waals surface area contributed by atoms with E-state index in [2.05, 4.69) is 121 Å². The first kappa shape index (κ1) is 42.1. The van der Waals surface area contributed by atoms with Crippen molar-refractivity contribution < 1.29 is 34.2 Å². The van der Waals surface area contributed by atoms with Crippen LogP contribution in [0.2, 0.25) is 0 Å². The van der Waals surface area contributed by atoms with Gasteiger partial charge in [0, 0.05) is 23.0 Å². The third kappa shape index (κ3) is 6.97. The second-order valence-corrected chi connectivity index (χ2v) is 17.1. The zero-order valence-corrected chi connectivity index (χ0v) is 38.7. The van der Waals surface area contributed by atoms with Crippen molar-refractivity contribution >= 4 is 54.6 Å². The molecular weight excluding hydrogens is 1020 g/mol. The molecule has 4 heterocycles. The Morgan fingerprint density at radius 3 is 2.04 bits per heavy atom. The van der Waals surface area contributed by atoms with Gasteiger partial charge in [-0.3, -0.25) is 4.57 Å². The Balaban J connectivity index is 0.00000494. The second-order valence-electron chi connectivity index (χ2n) is 17.1. The molecule has 326 valence electrons. The quantitative estimate of drug-likeness (QED) is 0.156. The molecule has 0 fully saturated rings. The standard InChI is InChI=1S/C58H38F3N5.Pt/c1-34-27-35(2)54(36(3)28-34)39-21-25-49-46(29-39)47-30-40(37-13-6-4-7-14-37)31-48(55(47)63-49)57-64-56-43(17-12-18-50(56)65(57)42-15-8-5-9-16-42)38-20-23-44-45-24-22-41(58(59,60)61)33-52(45)66(51(44)32-38)53-19-10-11-26-62-53;/h4-31,33H,1-3H3;/q-2;+2. The normalized spacial score (nSPS) is 11.9. The van der Waals surface area contributed by atoms with Crippen molar-refractivity contribution in [2.75, 3.05) is 0 Å². The molecule has 0 bridgehead atoms. The largest absolute Gasteiger partial charge is 2.00 e. The number of aromatic nitrogens is 5. The Kier molecular flexibility index (Phi) is 10.1. The van der Waals surface area contributed by atoms with Gasteiger partial charge in [-0.05, 0) is 130 Å². The van der Waals surface area contributed by atoms with E-state index in [1.54, 1.807) is 29.0 Å². The predicted octanol–water partition coefficient (Wildman–Crippen LogP) is 15.2. The van der Waals surface area contributed by atoms with Crippen LogP contribution in [0.1, 0.15) is 22.3 Å². The molecule has 0 spiro atoms. The Labute approximate surface area is 398 Å². The Hall–Kier alpha value is -7.54. The van der Waals surface area contributed by atoms with Crippen molar-refractivity contribution in [2.45, 2.75) is 26.9 Å². The number of hydrogen-bond acceptors (Lipinski definition) is 2. The fraction of sp³-hybridized carbons (Fsp3) is 0.0690. The van der Waals surface area contributed by atoms with Gasteiger partial charge in [-0.2, -0.15) is 13.2 Å². The van der Waals surface area contributed by atoms with Gasteiger partial charge in [-0.25, -0.2) is 9.97 Å². The van der Waals surface area contributed by atoms with E-state index in [1.807, 2.05) is 54.6 Å². The van der Waals surface area contributed by atoms with Crippen molar-refractivity contribution in [3.8, 4) is 56.3 Å². The minimum atomic E-state index is -4.52. The number of nitrogens with zero attached hydrogens (tertiary/aromatic N) is 5. The average Bonchev–Trinajstić information content (AvgIpc) is 4.01. The molecule has 0 N–H and O–H groups in total. The van der Waals surface area contributed by atoms with Gasteiger partial charge in [0.2, 0.25) is 0 Å². The number of halogens is 3. The first-order valence-corrected chi connectivity index (χ1v) is 21.8. The maximum absolute atomic E-state index is 14.1. The van der Waals surface area contributed by atoms with Crippen LogP contribution in [0.3, 0.4) is 0 Å². The number of benzene rings is 8. The fourth-order valence-electron chi connectivity index (χ4n) is 10.0. The van der Waals surface area contributed by atoms with Gasteiger partial charge in [0.15, 0.2) is 0 Å². The van der Waals surface area contributed by atoms with Gasteiger partial charge in [0.05, 0.1) is 16.6 Å². The molecule has 9 heteroatoms. The van der Waals surface area contributed by atoms with Gasteiger partial charge >= 0.3 is 27.2 Å². The molecule has 0 amide bonds. The zero-order valence-electron chi connectivity index (χ0n) is 36.4. The van der Waals surface area contributed by atoms with Crippen LogP contribution in [0.4, 0.5) is 13.2 Å². The van der Waals surface area contributed by atoms with Crippen molar-refractivity contribution in [1.29, 1.82) is 0 Å². The van der Waals surface area contributed by atoms with Crippen LogP contribution in [0, 0.1) is 26.8 Å². The number of aryl methyl sites for hydroxylation is 3. The summed E-state index contributed by atoms with van der Waals surface area (Å²) in [6.07, 6.45) is -2.87. The summed E-state index contributed by atoms with van der Waals surface area (Å²) in [6, 6.07) is 59.2. The monoisotopic (exact) mass is 1060 g/mol. The molecule has 12 rings (SSSR count). The van der Waals surface area contributed by atoms with Gasteiger partial charge in [-0.1, -0.05) is 120 Å². The zero-order chi connectivity index (χ0) is 44.8. The summed E-state index contributed by atoms with van der Waals surface area (Å²) in [5, 5.41) is 3.54. The fourth-order valence-corrected chi connectivity index (χ4v) is 10.0. The SMILES string of the molecule is Cc1cc(C)c(-c2ccc3[n-]c4c(-c5nc6c(-c7[c-]c8c(cc7)c7ccc(C(F)(F)F)cc7n8-c7ccccn7)cccc6n5-c5ccccc5)cc(-c5ccccc5)cc4c3c2)c(C)c1.[Pt+2]. The minimum absolute atomic E-state index is 0. The molecule has 0 saturated carbocycles. The summed E-state index contributed by atoms with van der Waals surface area (Å²) >= 11 is 0. The molecule has 0 saturated heterocycles. The van der Waals surface area contributed by atoms with Crippen molar-refractivity contribution in [3.05, 3.63) is 204 Å². The summed E-state index contributed by atoms with van der Waals surface area (Å²) in [4.78, 5) is 15.6. The third-order valence-electron chi connectivity index (χ3n) is 12.8. The van der Waals surface area contributed by atoms with E-state index < -0.39 is 11.7 Å². The van der Waals surface area contributed by atoms with Crippen LogP contribution >= 0.6 is 0 Å². The molecule has 8 aromatic carbocycles. The van der Waals surface area contributed by atoms with Crippen LogP contribution in [0.25, 0.3) is 111 Å². The Morgan fingerprint density at radius 1 is 0.567 bits per heavy atom. The van der Waals surface area contributed by atoms with Crippen LogP contribution < -0.4 is 4.98 Å². The maximum Gasteiger partial charge on any atom is 2.00 e. The molecule has 67 heavy (non-hydrogen) atoms. The maximum atomic E-state index is 14.1. The van der Waals surface area contributed by atoms with Crippen molar-refractivity contribution in [1.82, 2.24) is 24.1 Å². The molecule has 0 radical (unpaired) electrons. The number of rotatable bonds is 6. The van der Waals surface area contributed by atoms with Crippen molar-refractivity contribution in [2.24, 2.45) is 0 Å². The molecule has 0 aliphatic rings. The van der Waals surface area contributed by atoms with E-state index in [9.17, 15) is 13.2 Å². The van der Waals surface area contributed by atoms with E-state index in [-0.39, 0.29) is 21.1 Å². The number of imidazole rings is 1. The Bertz CT molecular complexity index is 3860. The van der Waals surface area contributed by atoms with Crippen LogP contribution in [-0.2, 0) is 27.2 Å². The summed E-state index contributed by atoms with van der Waals surface area (Å²) in [5.41, 5.74) is 15.2. The molecule has 12 aromatic rings. The first-order valence-electron chi connectivity index (χ1n) is 21.8. The summed E-state index contributed by atoms with van der Waals surface area (Å²) < 4.78 is 46.4. The molecule has 0 atom stereocenters. The third-order valence-corrected chi connectivity index (χ3v) is 12.8. The van der Waals surface area contributed by atoms with E-state index in [0.717, 1.165) is 89.2 Å². The molecule has 5 nitrogen and oxygen atoms in total. The van der Waals surface area contributed by atoms with Crippen LogP contribution in [-0.4, -0.2) is 19.1 Å². The first-order chi connectivity index (χ1) is 32.1. The van der Waals surface area contributed by atoms with Crippen LogP contribution in [0.5, 0.6) is 0 Å². The number of fused-ring (bicyclic) bond motifs is 7. The number of alkyl halides is 3. The number of pyridine rings is 1. The molecule has 4 aromatic heterocycles. The average molecular weight is 1060 g/mol. The topological polar surface area (TPSA) is 49.7 Å². The predicted molar refractivity (Wildman–Crippen MR) is 261 cm³/mol. The van der Waals surface area contributed by atoms with Gasteiger partial charge < -0.3 is 9.55 Å². The smallest absolute Gasteiger partial charge is 0.656 e. The van der Waals surface area contributed by atoms with Gasteiger partial charge in [0.25, 0.3) is 0 Å². The molecule has 0 aliphatic carbocycles. The molecule has 0 unspecified atom stereocenters. The molecular formula is C58H38F3N5Pt. The van der Waals surface area contributed by atoms with Gasteiger partial charge in [0.1, 0.15) is 11.6 Å². The van der Waals surface area contributed by atoms with E-state index in [0.29, 0.717) is 22.2 Å². The Morgan fingerprint density at radius 2 is 1.30 bits per heavy atom. The van der Waals surface area contributed by atoms with E-state index in [1.165, 1.54) is 28.3 Å². The van der Waals surface area contributed by atoms with E-state index in [4.69, 9.17) is 9.97 Å². The number of para-hydroxylation sites is 2. The van der Waals surface area contributed by atoms with Gasteiger partial charge in [-0.15, -0.1) is 34.8 Å². The second kappa shape index (κ2) is 16.1. The van der Waals surface area contributed by atoms with Crippen LogP contribution in [0.15, 0.2) is 176 Å². The minimum Gasteiger partial charge on any atom is -0.656 e. The summed E-state index contributed by atoms with van der Waals surface area (Å²) in [7, 11) is 0. The summed E-state index contributed by atoms with van der Waals surface area (Å²) in [5.74, 6) is 1.22.